The van der Waals surface area contributed by atoms with Crippen molar-refractivity contribution in [2.75, 3.05) is 0 Å². The smallest absolute Gasteiger partial charge is 0.166 e. The molecule has 0 radical (unpaired) electrons. The van der Waals surface area contributed by atoms with E-state index in [1.54, 1.807) is 6.08 Å². The van der Waals surface area contributed by atoms with E-state index >= 15 is 0 Å². The number of allylic oxidation sites excluding steroid dienone is 1. The van der Waals surface area contributed by atoms with Crippen LogP contribution in [0.2, 0.25) is 0 Å². The van der Waals surface area contributed by atoms with E-state index < -0.39 is 0 Å². The Balaban J connectivity index is 2.28. The zero-order chi connectivity index (χ0) is 9.97. The molecule has 0 spiro atoms. The van der Waals surface area contributed by atoms with Gasteiger partial charge in [0.1, 0.15) is 5.78 Å². The highest BCUT2D eigenvalue weighted by Gasteiger charge is 2.24. The molecule has 14 heavy (non-hydrogen) atoms. The molecule has 2 heteroatoms. The minimum Gasteiger partial charge on any atom is -0.299 e. The van der Waals surface area contributed by atoms with Crippen LogP contribution < -0.4 is 0 Å². The molecule has 1 aliphatic rings. The molecular weight excluding hydrogens is 176 g/mol. The molecule has 0 atom stereocenters. The van der Waals surface area contributed by atoms with E-state index in [4.69, 9.17) is 0 Å². The second-order valence-electron chi connectivity index (χ2n) is 3.40. The van der Waals surface area contributed by atoms with E-state index in [1.165, 1.54) is 0 Å². The summed E-state index contributed by atoms with van der Waals surface area (Å²) in [6.45, 7) is 0. The topological polar surface area (TPSA) is 34.1 Å². The summed E-state index contributed by atoms with van der Waals surface area (Å²) in [7, 11) is 0. The molecule has 1 aliphatic carbocycles. The Morgan fingerprint density at radius 2 is 1.71 bits per heavy atom. The van der Waals surface area contributed by atoms with E-state index in [2.05, 4.69) is 0 Å². The zero-order valence-corrected chi connectivity index (χ0v) is 7.69. The zero-order valence-electron chi connectivity index (χ0n) is 7.69. The number of carbonyl (C=O) groups excluding carboxylic acids is 2. The van der Waals surface area contributed by atoms with Crippen LogP contribution in [-0.4, -0.2) is 11.6 Å². The van der Waals surface area contributed by atoms with E-state index in [0.29, 0.717) is 12.0 Å². The minimum absolute atomic E-state index is 0.0252. The monoisotopic (exact) mass is 186 g/mol. The summed E-state index contributed by atoms with van der Waals surface area (Å²) in [6, 6.07) is 9.58. The second-order valence-corrected chi connectivity index (χ2v) is 3.40. The molecule has 1 saturated carbocycles. The summed E-state index contributed by atoms with van der Waals surface area (Å²) in [5, 5.41) is 0. The molecule has 0 N–H and O–H groups in total. The van der Waals surface area contributed by atoms with Crippen molar-refractivity contribution in [1.29, 1.82) is 0 Å². The van der Waals surface area contributed by atoms with Crippen LogP contribution in [0.15, 0.2) is 35.9 Å². The summed E-state index contributed by atoms with van der Waals surface area (Å²) in [5.41, 5.74) is 1.62. The number of hydrogen-bond donors (Lipinski definition) is 0. The summed E-state index contributed by atoms with van der Waals surface area (Å²) in [4.78, 5) is 22.3. The van der Waals surface area contributed by atoms with Crippen LogP contribution in [0.3, 0.4) is 0 Å². The fourth-order valence-electron chi connectivity index (χ4n) is 1.55. The molecule has 1 aromatic rings. The minimum atomic E-state index is -0.0288. The van der Waals surface area contributed by atoms with Crippen molar-refractivity contribution in [3.63, 3.8) is 0 Å². The first-order valence-electron chi connectivity index (χ1n) is 4.56. The van der Waals surface area contributed by atoms with Crippen LogP contribution in [0, 0.1) is 0 Å². The van der Waals surface area contributed by atoms with E-state index in [1.807, 2.05) is 30.3 Å². The van der Waals surface area contributed by atoms with Crippen LogP contribution in [0.25, 0.3) is 6.08 Å². The van der Waals surface area contributed by atoms with Gasteiger partial charge in [-0.15, -0.1) is 0 Å². The third-order valence-electron chi connectivity index (χ3n) is 2.24. The average Bonchev–Trinajstić information content (AvgIpc) is 2.47. The number of benzene rings is 1. The van der Waals surface area contributed by atoms with Gasteiger partial charge in [-0.1, -0.05) is 30.3 Å². The fraction of sp³-hybridized carbons (Fsp3) is 0.167. The van der Waals surface area contributed by atoms with Gasteiger partial charge in [0, 0.05) is 12.0 Å². The normalized spacial score (nSPS) is 19.3. The van der Waals surface area contributed by atoms with Crippen molar-refractivity contribution in [3.8, 4) is 0 Å². The number of Topliss-reactive ketones (excluding diaryl/α,β-unsaturated/α-hetero) is 2. The average molecular weight is 186 g/mol. The Bertz CT molecular complexity index is 402. The highest BCUT2D eigenvalue weighted by atomic mass is 16.2. The Morgan fingerprint density at radius 1 is 1.00 bits per heavy atom. The predicted octanol–water partition coefficient (Wildman–Crippen LogP) is 2.00. The number of rotatable bonds is 1. The number of carbonyl (C=O) groups is 2. The van der Waals surface area contributed by atoms with E-state index in [-0.39, 0.29) is 18.0 Å². The summed E-state index contributed by atoms with van der Waals surface area (Å²) >= 11 is 0. The highest BCUT2D eigenvalue weighted by Crippen LogP contribution is 2.20. The largest absolute Gasteiger partial charge is 0.299 e. The molecule has 0 aliphatic heterocycles. The molecule has 0 aromatic heterocycles. The van der Waals surface area contributed by atoms with E-state index in [0.717, 1.165) is 5.56 Å². The molecule has 0 bridgehead atoms. The SMILES string of the molecule is O=C1CC(=O)/C(=C\c2ccccc2)C1. The van der Waals surface area contributed by atoms with Crippen LogP contribution in [0.4, 0.5) is 0 Å². The van der Waals surface area contributed by atoms with Gasteiger partial charge in [0.05, 0.1) is 6.42 Å². The van der Waals surface area contributed by atoms with Crippen LogP contribution >= 0.6 is 0 Å². The van der Waals surface area contributed by atoms with Gasteiger partial charge in [-0.25, -0.2) is 0 Å². The Labute approximate surface area is 82.2 Å². The van der Waals surface area contributed by atoms with Gasteiger partial charge in [0.2, 0.25) is 0 Å². The fourth-order valence-corrected chi connectivity index (χ4v) is 1.55. The maximum atomic E-state index is 11.3. The number of hydrogen-bond acceptors (Lipinski definition) is 2. The van der Waals surface area contributed by atoms with Crippen molar-refractivity contribution in [1.82, 2.24) is 0 Å². The molecule has 1 fully saturated rings. The predicted molar refractivity (Wildman–Crippen MR) is 53.7 cm³/mol. The summed E-state index contributed by atoms with van der Waals surface area (Å²) in [6.07, 6.45) is 2.18. The molecule has 0 saturated heterocycles. The van der Waals surface area contributed by atoms with Gasteiger partial charge in [-0.05, 0) is 11.6 Å². The van der Waals surface area contributed by atoms with Gasteiger partial charge in [0.25, 0.3) is 0 Å². The lowest BCUT2D eigenvalue weighted by molar-refractivity contribution is -0.121. The molecular formula is C12H10O2. The molecule has 70 valence electrons. The van der Waals surface area contributed by atoms with Gasteiger partial charge in [-0.2, -0.15) is 0 Å². The lowest BCUT2D eigenvalue weighted by Gasteiger charge is -1.94. The summed E-state index contributed by atoms with van der Waals surface area (Å²) < 4.78 is 0. The van der Waals surface area contributed by atoms with Gasteiger partial charge in [-0.3, -0.25) is 9.59 Å². The molecule has 2 nitrogen and oxygen atoms in total. The Kier molecular flexibility index (Phi) is 2.27. The van der Waals surface area contributed by atoms with Crippen LogP contribution in [0.1, 0.15) is 18.4 Å². The molecule has 0 amide bonds. The molecule has 2 rings (SSSR count). The van der Waals surface area contributed by atoms with Crippen LogP contribution in [-0.2, 0) is 9.59 Å². The first-order valence-corrected chi connectivity index (χ1v) is 4.56. The van der Waals surface area contributed by atoms with Crippen molar-refractivity contribution in [2.24, 2.45) is 0 Å². The van der Waals surface area contributed by atoms with E-state index in [9.17, 15) is 9.59 Å². The Morgan fingerprint density at radius 3 is 2.29 bits per heavy atom. The van der Waals surface area contributed by atoms with Gasteiger partial charge >= 0.3 is 0 Å². The van der Waals surface area contributed by atoms with Crippen molar-refractivity contribution >= 4 is 17.6 Å². The first-order chi connectivity index (χ1) is 6.75. The first kappa shape index (κ1) is 8.88. The highest BCUT2D eigenvalue weighted by molar-refractivity contribution is 6.18. The van der Waals surface area contributed by atoms with Crippen molar-refractivity contribution in [3.05, 3.63) is 41.5 Å². The van der Waals surface area contributed by atoms with Gasteiger partial charge in [0.15, 0.2) is 5.78 Å². The summed E-state index contributed by atoms with van der Waals surface area (Å²) in [5.74, 6) is -0.00367. The lowest BCUT2D eigenvalue weighted by atomic mass is 10.1. The lowest BCUT2D eigenvalue weighted by Crippen LogP contribution is -1.91. The number of ketones is 2. The quantitative estimate of drug-likeness (QED) is 0.496. The maximum Gasteiger partial charge on any atom is 0.166 e. The standard InChI is InChI=1S/C12H10O2/c13-11-7-10(12(14)8-11)6-9-4-2-1-3-5-9/h1-6H,7-8H2/b10-6-. The van der Waals surface area contributed by atoms with Crippen LogP contribution in [0.5, 0.6) is 0 Å². The molecule has 1 aromatic carbocycles. The second kappa shape index (κ2) is 3.58. The van der Waals surface area contributed by atoms with Crippen molar-refractivity contribution in [2.45, 2.75) is 12.8 Å². The van der Waals surface area contributed by atoms with Crippen molar-refractivity contribution < 1.29 is 9.59 Å². The third kappa shape index (κ3) is 1.79. The molecule has 0 heterocycles. The van der Waals surface area contributed by atoms with Gasteiger partial charge < -0.3 is 0 Å². The Hall–Kier alpha value is -1.70. The third-order valence-corrected chi connectivity index (χ3v) is 2.24. The molecule has 0 unspecified atom stereocenters. The maximum absolute atomic E-state index is 11.3.